The van der Waals surface area contributed by atoms with Crippen LogP contribution in [0, 0.1) is 6.92 Å². The van der Waals surface area contributed by atoms with Gasteiger partial charge in [0, 0.05) is 5.02 Å². The van der Waals surface area contributed by atoms with E-state index in [1.807, 2.05) is 43.3 Å². The quantitative estimate of drug-likeness (QED) is 0.799. The zero-order valence-corrected chi connectivity index (χ0v) is 10.5. The van der Waals surface area contributed by atoms with E-state index in [1.165, 1.54) is 0 Å². The lowest BCUT2D eigenvalue weighted by atomic mass is 10.2. The van der Waals surface area contributed by atoms with E-state index in [4.69, 9.17) is 21.1 Å². The van der Waals surface area contributed by atoms with Gasteiger partial charge >= 0.3 is 0 Å². The van der Waals surface area contributed by atoms with E-state index < -0.39 is 0 Å². The lowest BCUT2D eigenvalue weighted by Gasteiger charge is -2.10. The van der Waals surface area contributed by atoms with Crippen molar-refractivity contribution >= 4 is 11.6 Å². The molecule has 0 saturated heterocycles. The van der Waals surface area contributed by atoms with Crippen LogP contribution in [-0.2, 0) is 0 Å². The van der Waals surface area contributed by atoms with Crippen LogP contribution in [0.25, 0.3) is 0 Å². The second-order valence-electron chi connectivity index (χ2n) is 3.66. The zero-order valence-electron chi connectivity index (χ0n) is 9.74. The van der Waals surface area contributed by atoms with Crippen molar-refractivity contribution in [2.45, 2.75) is 6.92 Å². The van der Waals surface area contributed by atoms with E-state index in [9.17, 15) is 0 Å². The highest BCUT2D eigenvalue weighted by Gasteiger charge is 2.05. The van der Waals surface area contributed by atoms with Crippen LogP contribution in [0.3, 0.4) is 0 Å². The van der Waals surface area contributed by atoms with E-state index in [0.29, 0.717) is 22.3 Å². The average molecular weight is 249 g/mol. The Labute approximate surface area is 106 Å². The molecule has 2 aromatic rings. The standard InChI is InChI=1S/C14H13ClO2/c1-10-7-8-11(9-12(10)15)17-14-6-4-3-5-13(14)16-2/h3-9H,1-2H3. The van der Waals surface area contributed by atoms with Gasteiger partial charge in [-0.05, 0) is 36.8 Å². The van der Waals surface area contributed by atoms with E-state index in [2.05, 4.69) is 0 Å². The summed E-state index contributed by atoms with van der Waals surface area (Å²) >= 11 is 6.04. The number of ether oxygens (including phenoxy) is 2. The predicted octanol–water partition coefficient (Wildman–Crippen LogP) is 4.45. The molecule has 3 heteroatoms. The fraction of sp³-hybridized carbons (Fsp3) is 0.143. The first-order chi connectivity index (χ1) is 8.20. The molecule has 0 heterocycles. The highest BCUT2D eigenvalue weighted by atomic mass is 35.5. The second-order valence-corrected chi connectivity index (χ2v) is 4.07. The molecule has 2 aromatic carbocycles. The smallest absolute Gasteiger partial charge is 0.169 e. The van der Waals surface area contributed by atoms with Crippen LogP contribution in [0.4, 0.5) is 0 Å². The fourth-order valence-corrected chi connectivity index (χ4v) is 1.64. The number of rotatable bonds is 3. The maximum absolute atomic E-state index is 6.04. The molecule has 0 bridgehead atoms. The van der Waals surface area contributed by atoms with Gasteiger partial charge in [0.2, 0.25) is 0 Å². The highest BCUT2D eigenvalue weighted by molar-refractivity contribution is 6.31. The van der Waals surface area contributed by atoms with Crippen molar-refractivity contribution in [2.24, 2.45) is 0 Å². The third kappa shape index (κ3) is 2.71. The molecule has 0 spiro atoms. The first-order valence-corrected chi connectivity index (χ1v) is 5.65. The van der Waals surface area contributed by atoms with E-state index in [-0.39, 0.29) is 0 Å². The molecule has 0 atom stereocenters. The van der Waals surface area contributed by atoms with Crippen molar-refractivity contribution in [1.29, 1.82) is 0 Å². The molecule has 0 amide bonds. The first kappa shape index (κ1) is 11.8. The van der Waals surface area contributed by atoms with Gasteiger partial charge in [-0.25, -0.2) is 0 Å². The van der Waals surface area contributed by atoms with Gasteiger partial charge in [0.05, 0.1) is 7.11 Å². The van der Waals surface area contributed by atoms with Crippen molar-refractivity contribution in [2.75, 3.05) is 7.11 Å². The summed E-state index contributed by atoms with van der Waals surface area (Å²) in [7, 11) is 1.62. The summed E-state index contributed by atoms with van der Waals surface area (Å²) in [5.41, 5.74) is 1.03. The molecule has 0 fully saturated rings. The lowest BCUT2D eigenvalue weighted by Crippen LogP contribution is -1.90. The Bertz CT molecular complexity index is 523. The Balaban J connectivity index is 2.28. The minimum absolute atomic E-state index is 0.676. The van der Waals surface area contributed by atoms with Crippen LogP contribution in [0.1, 0.15) is 5.56 Å². The largest absolute Gasteiger partial charge is 0.493 e. The first-order valence-electron chi connectivity index (χ1n) is 5.27. The Kier molecular flexibility index (Phi) is 3.55. The van der Waals surface area contributed by atoms with Gasteiger partial charge in [0.1, 0.15) is 5.75 Å². The summed E-state index contributed by atoms with van der Waals surface area (Å²) < 4.78 is 10.9. The van der Waals surface area contributed by atoms with Crippen molar-refractivity contribution in [1.82, 2.24) is 0 Å². The van der Waals surface area contributed by atoms with Crippen LogP contribution >= 0.6 is 11.6 Å². The minimum Gasteiger partial charge on any atom is -0.493 e. The van der Waals surface area contributed by atoms with Crippen LogP contribution in [0.5, 0.6) is 17.2 Å². The van der Waals surface area contributed by atoms with Gasteiger partial charge in [-0.2, -0.15) is 0 Å². The van der Waals surface area contributed by atoms with Gasteiger partial charge in [-0.1, -0.05) is 29.8 Å². The summed E-state index contributed by atoms with van der Waals surface area (Å²) in [5.74, 6) is 2.07. The Morgan fingerprint density at radius 3 is 2.35 bits per heavy atom. The van der Waals surface area contributed by atoms with Crippen molar-refractivity contribution in [3.63, 3.8) is 0 Å². The predicted molar refractivity (Wildman–Crippen MR) is 69.3 cm³/mol. The molecule has 2 nitrogen and oxygen atoms in total. The average Bonchev–Trinajstić information content (AvgIpc) is 2.34. The molecule has 0 aromatic heterocycles. The van der Waals surface area contributed by atoms with Gasteiger partial charge in [0.15, 0.2) is 11.5 Å². The van der Waals surface area contributed by atoms with Crippen LogP contribution in [-0.4, -0.2) is 7.11 Å². The molecule has 88 valence electrons. The van der Waals surface area contributed by atoms with Crippen molar-refractivity contribution < 1.29 is 9.47 Å². The summed E-state index contributed by atoms with van der Waals surface area (Å²) in [5, 5.41) is 0.692. The molecular formula is C14H13ClO2. The molecule has 0 aliphatic carbocycles. The normalized spacial score (nSPS) is 10.1. The number of aryl methyl sites for hydroxylation is 1. The molecule has 0 unspecified atom stereocenters. The van der Waals surface area contributed by atoms with Gasteiger partial charge < -0.3 is 9.47 Å². The van der Waals surface area contributed by atoms with Gasteiger partial charge in [0.25, 0.3) is 0 Å². The van der Waals surface area contributed by atoms with Crippen LogP contribution in [0.15, 0.2) is 42.5 Å². The zero-order chi connectivity index (χ0) is 12.3. The molecule has 0 radical (unpaired) electrons. The van der Waals surface area contributed by atoms with Gasteiger partial charge in [-0.3, -0.25) is 0 Å². The van der Waals surface area contributed by atoms with Gasteiger partial charge in [-0.15, -0.1) is 0 Å². The summed E-state index contributed by atoms with van der Waals surface area (Å²) in [6.07, 6.45) is 0. The summed E-state index contributed by atoms with van der Waals surface area (Å²) in [6, 6.07) is 13.1. The maximum atomic E-state index is 6.04. The number of benzene rings is 2. The van der Waals surface area contributed by atoms with E-state index in [1.54, 1.807) is 13.2 Å². The van der Waals surface area contributed by atoms with Crippen molar-refractivity contribution in [3.05, 3.63) is 53.1 Å². The summed E-state index contributed by atoms with van der Waals surface area (Å²) in [4.78, 5) is 0. The molecule has 17 heavy (non-hydrogen) atoms. The second kappa shape index (κ2) is 5.11. The fourth-order valence-electron chi connectivity index (χ4n) is 1.47. The number of methoxy groups -OCH3 is 1. The monoisotopic (exact) mass is 248 g/mol. The van der Waals surface area contributed by atoms with E-state index >= 15 is 0 Å². The molecule has 0 aliphatic heterocycles. The SMILES string of the molecule is COc1ccccc1Oc1ccc(C)c(Cl)c1. The molecular weight excluding hydrogens is 236 g/mol. The van der Waals surface area contributed by atoms with Crippen LogP contribution in [0.2, 0.25) is 5.02 Å². The summed E-state index contributed by atoms with van der Waals surface area (Å²) in [6.45, 7) is 1.95. The van der Waals surface area contributed by atoms with Crippen LogP contribution < -0.4 is 9.47 Å². The lowest BCUT2D eigenvalue weighted by molar-refractivity contribution is 0.379. The Morgan fingerprint density at radius 1 is 1.00 bits per heavy atom. The third-order valence-corrected chi connectivity index (χ3v) is 2.85. The third-order valence-electron chi connectivity index (χ3n) is 2.44. The number of para-hydroxylation sites is 2. The number of hydrogen-bond donors (Lipinski definition) is 0. The maximum Gasteiger partial charge on any atom is 0.169 e. The Morgan fingerprint density at radius 2 is 1.71 bits per heavy atom. The van der Waals surface area contributed by atoms with Crippen molar-refractivity contribution in [3.8, 4) is 17.2 Å². The topological polar surface area (TPSA) is 18.5 Å². The van der Waals surface area contributed by atoms with E-state index in [0.717, 1.165) is 5.56 Å². The Hall–Kier alpha value is -1.67. The number of halogens is 1. The molecule has 0 aliphatic rings. The molecule has 0 saturated carbocycles. The molecule has 2 rings (SSSR count). The minimum atomic E-state index is 0.676. The number of hydrogen-bond acceptors (Lipinski definition) is 2. The highest BCUT2D eigenvalue weighted by Crippen LogP contribution is 2.32. The molecule has 0 N–H and O–H groups in total.